The van der Waals surface area contributed by atoms with Gasteiger partial charge in [0, 0.05) is 11.8 Å². The topological polar surface area (TPSA) is 107 Å². The predicted octanol–water partition coefficient (Wildman–Crippen LogP) is 0.828. The van der Waals surface area contributed by atoms with E-state index in [1.54, 1.807) is 47.1 Å². The third-order valence-electron chi connectivity index (χ3n) is 3.28. The molecular formula is C15H14N4O3S. The van der Waals surface area contributed by atoms with Crippen molar-refractivity contribution in [3.05, 3.63) is 48.3 Å². The molecule has 2 aromatic heterocycles. The van der Waals surface area contributed by atoms with Gasteiger partial charge in [-0.2, -0.15) is 5.10 Å². The van der Waals surface area contributed by atoms with Crippen LogP contribution in [0.3, 0.4) is 0 Å². The number of fused-ring (bicyclic) bond motifs is 1. The Bertz CT molecular complexity index is 1010. The molecule has 2 heterocycles. The SMILES string of the molecule is CS(=O)(=O)c1cccc(-c2ccc3nc(CC(N)=O)cn3n2)c1. The summed E-state index contributed by atoms with van der Waals surface area (Å²) in [6, 6.07) is 10.1. The predicted molar refractivity (Wildman–Crippen MR) is 84.4 cm³/mol. The maximum absolute atomic E-state index is 11.7. The molecule has 0 spiro atoms. The van der Waals surface area contributed by atoms with E-state index in [9.17, 15) is 13.2 Å². The highest BCUT2D eigenvalue weighted by molar-refractivity contribution is 7.90. The highest BCUT2D eigenvalue weighted by Gasteiger charge is 2.10. The van der Waals surface area contributed by atoms with E-state index < -0.39 is 15.7 Å². The van der Waals surface area contributed by atoms with Crippen molar-refractivity contribution in [3.63, 3.8) is 0 Å². The Morgan fingerprint density at radius 3 is 2.74 bits per heavy atom. The molecular weight excluding hydrogens is 316 g/mol. The lowest BCUT2D eigenvalue weighted by molar-refractivity contribution is -0.117. The lowest BCUT2D eigenvalue weighted by Crippen LogP contribution is -2.13. The van der Waals surface area contributed by atoms with E-state index in [0.29, 0.717) is 22.6 Å². The molecule has 2 N–H and O–H groups in total. The number of carbonyl (C=O) groups excluding carboxylic acids is 1. The normalized spacial score (nSPS) is 11.7. The molecule has 23 heavy (non-hydrogen) atoms. The van der Waals surface area contributed by atoms with Crippen LogP contribution < -0.4 is 5.73 Å². The van der Waals surface area contributed by atoms with Crippen LogP contribution in [0, 0.1) is 0 Å². The highest BCUT2D eigenvalue weighted by Crippen LogP contribution is 2.21. The first kappa shape index (κ1) is 15.2. The molecule has 0 bridgehead atoms. The number of imidazole rings is 1. The Kier molecular flexibility index (Phi) is 3.61. The summed E-state index contributed by atoms with van der Waals surface area (Å²) in [4.78, 5) is 15.4. The number of sulfone groups is 1. The van der Waals surface area contributed by atoms with Crippen molar-refractivity contribution >= 4 is 21.4 Å². The molecule has 118 valence electrons. The van der Waals surface area contributed by atoms with Crippen LogP contribution in [0.5, 0.6) is 0 Å². The van der Waals surface area contributed by atoms with Crippen LogP contribution in [0.25, 0.3) is 16.9 Å². The quantitative estimate of drug-likeness (QED) is 0.762. The van der Waals surface area contributed by atoms with Crippen molar-refractivity contribution in [2.75, 3.05) is 6.26 Å². The van der Waals surface area contributed by atoms with Crippen molar-refractivity contribution in [3.8, 4) is 11.3 Å². The van der Waals surface area contributed by atoms with E-state index in [1.165, 1.54) is 0 Å². The lowest BCUT2D eigenvalue weighted by atomic mass is 10.1. The van der Waals surface area contributed by atoms with Crippen LogP contribution in [0.4, 0.5) is 0 Å². The molecule has 1 amide bonds. The Hall–Kier alpha value is -2.74. The molecule has 3 aromatic rings. The van der Waals surface area contributed by atoms with Crippen molar-refractivity contribution in [2.24, 2.45) is 5.73 Å². The smallest absolute Gasteiger partial charge is 0.223 e. The summed E-state index contributed by atoms with van der Waals surface area (Å²) < 4.78 is 24.9. The van der Waals surface area contributed by atoms with Crippen LogP contribution >= 0.6 is 0 Å². The first-order valence-corrected chi connectivity index (χ1v) is 8.66. The van der Waals surface area contributed by atoms with Crippen LogP contribution in [-0.4, -0.2) is 35.2 Å². The molecule has 0 saturated heterocycles. The van der Waals surface area contributed by atoms with Crippen LogP contribution in [0.2, 0.25) is 0 Å². The maximum Gasteiger partial charge on any atom is 0.223 e. The fraction of sp³-hybridized carbons (Fsp3) is 0.133. The highest BCUT2D eigenvalue weighted by atomic mass is 32.2. The molecule has 0 unspecified atom stereocenters. The van der Waals surface area contributed by atoms with E-state index in [2.05, 4.69) is 10.1 Å². The molecule has 1 aromatic carbocycles. The van der Waals surface area contributed by atoms with Gasteiger partial charge in [-0.1, -0.05) is 12.1 Å². The molecule has 0 aliphatic carbocycles. The number of nitrogens with two attached hydrogens (primary N) is 1. The monoisotopic (exact) mass is 330 g/mol. The van der Waals surface area contributed by atoms with Crippen molar-refractivity contribution in [2.45, 2.75) is 11.3 Å². The minimum absolute atomic E-state index is 0.0439. The first-order chi connectivity index (χ1) is 10.8. The Morgan fingerprint density at radius 1 is 1.26 bits per heavy atom. The summed E-state index contributed by atoms with van der Waals surface area (Å²) in [6.07, 6.45) is 2.83. The molecule has 0 aliphatic heterocycles. The number of nitrogens with zero attached hydrogens (tertiary/aromatic N) is 3. The zero-order valence-electron chi connectivity index (χ0n) is 12.3. The average molecular weight is 330 g/mol. The number of benzene rings is 1. The second-order valence-corrected chi connectivity index (χ2v) is 7.21. The van der Waals surface area contributed by atoms with E-state index in [0.717, 1.165) is 6.26 Å². The maximum atomic E-state index is 11.7. The molecule has 3 rings (SSSR count). The van der Waals surface area contributed by atoms with Gasteiger partial charge in [0.1, 0.15) is 0 Å². The number of carbonyl (C=O) groups is 1. The fourth-order valence-electron chi connectivity index (χ4n) is 2.23. The van der Waals surface area contributed by atoms with Crippen molar-refractivity contribution < 1.29 is 13.2 Å². The summed E-state index contributed by atoms with van der Waals surface area (Å²) in [5, 5.41) is 4.40. The zero-order valence-corrected chi connectivity index (χ0v) is 13.1. The molecule has 0 fully saturated rings. The molecule has 0 aliphatic rings. The Morgan fingerprint density at radius 2 is 2.04 bits per heavy atom. The van der Waals surface area contributed by atoms with Gasteiger partial charge >= 0.3 is 0 Å². The molecule has 7 nitrogen and oxygen atoms in total. The van der Waals surface area contributed by atoms with Gasteiger partial charge in [0.2, 0.25) is 5.91 Å². The second kappa shape index (κ2) is 5.47. The summed E-state index contributed by atoms with van der Waals surface area (Å²) in [5.41, 5.74) is 7.56. The zero-order chi connectivity index (χ0) is 16.6. The second-order valence-electron chi connectivity index (χ2n) is 5.20. The van der Waals surface area contributed by atoms with Crippen LogP contribution in [-0.2, 0) is 21.1 Å². The number of hydrogen-bond acceptors (Lipinski definition) is 5. The summed E-state index contributed by atoms with van der Waals surface area (Å²) in [5.74, 6) is -0.463. The molecule has 8 heteroatoms. The lowest BCUT2D eigenvalue weighted by Gasteiger charge is -2.04. The number of primary amides is 1. The summed E-state index contributed by atoms with van der Waals surface area (Å²) in [6.45, 7) is 0. The van der Waals surface area contributed by atoms with Crippen LogP contribution in [0.1, 0.15) is 5.69 Å². The number of rotatable bonds is 4. The van der Waals surface area contributed by atoms with E-state index in [1.807, 2.05) is 0 Å². The molecule has 0 atom stereocenters. The Labute approximate surface area is 132 Å². The molecule has 0 radical (unpaired) electrons. The van der Waals surface area contributed by atoms with E-state index >= 15 is 0 Å². The minimum atomic E-state index is -3.28. The van der Waals surface area contributed by atoms with Gasteiger partial charge in [-0.25, -0.2) is 17.9 Å². The fourth-order valence-corrected chi connectivity index (χ4v) is 2.90. The van der Waals surface area contributed by atoms with Gasteiger partial charge in [-0.05, 0) is 24.3 Å². The standard InChI is InChI=1S/C15H14N4O3S/c1-23(21,22)12-4-2-3-10(7-12)13-5-6-15-17-11(8-14(16)20)9-19(15)18-13/h2-7,9H,8H2,1H3,(H2,16,20). The first-order valence-electron chi connectivity index (χ1n) is 6.77. The largest absolute Gasteiger partial charge is 0.369 e. The summed E-state index contributed by atoms with van der Waals surface area (Å²) in [7, 11) is -3.28. The third-order valence-corrected chi connectivity index (χ3v) is 4.39. The van der Waals surface area contributed by atoms with Gasteiger partial charge in [-0.15, -0.1) is 0 Å². The number of hydrogen-bond donors (Lipinski definition) is 1. The Balaban J connectivity index is 2.05. The minimum Gasteiger partial charge on any atom is -0.369 e. The number of amides is 1. The van der Waals surface area contributed by atoms with E-state index in [-0.39, 0.29) is 11.3 Å². The van der Waals surface area contributed by atoms with Crippen LogP contribution in [0.15, 0.2) is 47.5 Å². The molecule has 0 saturated carbocycles. The van der Waals surface area contributed by atoms with Gasteiger partial charge in [-0.3, -0.25) is 4.79 Å². The van der Waals surface area contributed by atoms with Gasteiger partial charge in [0.15, 0.2) is 15.5 Å². The van der Waals surface area contributed by atoms with Gasteiger partial charge < -0.3 is 5.73 Å². The van der Waals surface area contributed by atoms with Crippen molar-refractivity contribution in [1.82, 2.24) is 14.6 Å². The third kappa shape index (κ3) is 3.21. The van der Waals surface area contributed by atoms with Gasteiger partial charge in [0.25, 0.3) is 0 Å². The van der Waals surface area contributed by atoms with Crippen molar-refractivity contribution in [1.29, 1.82) is 0 Å². The van der Waals surface area contributed by atoms with E-state index in [4.69, 9.17) is 5.73 Å². The average Bonchev–Trinajstić information content (AvgIpc) is 2.86. The summed E-state index contributed by atoms with van der Waals surface area (Å²) >= 11 is 0. The van der Waals surface area contributed by atoms with Gasteiger partial charge in [0.05, 0.1) is 28.9 Å². The number of aromatic nitrogens is 3.